The number of aryl methyl sites for hydroxylation is 2. The summed E-state index contributed by atoms with van der Waals surface area (Å²) in [6, 6.07) is 11.8. The SMILES string of the molecule is COc1ccc(-c2ccc3ncc4c(c3c2)n(-c2ccc(N3CCN(C(=O)CCOCCOCCOCCOCCOCCOCCn5cc(CCCCO[C@@H]6CC[C@@H](C[C@@H](C)[C@@H]7CC(=O)[C@H](C)/C=C(\C)[C@@H](O)[C@@H](O)C(=O)[C@H](C)C[C@H](C)/C=C/C=C/C=C(\C)[C@@H](OC)C[C@@H]8CC[C@@H](C)[C@@](O)(O8)C(=O)C(=O)N8CCCC[C@H]8C(=O)O7)C[C@H]6OC)nn5)CC3)c(C(F)(F)F)c2)c(=O)n4C)cn1. The number of anilines is 1. The van der Waals surface area contributed by atoms with Crippen LogP contribution in [0.2, 0.25) is 0 Å². The first kappa shape index (κ1) is 105. The highest BCUT2D eigenvalue weighted by atomic mass is 19.4. The van der Waals surface area contributed by atoms with Crippen molar-refractivity contribution in [1.29, 1.82) is 0 Å². The highest BCUT2D eigenvalue weighted by Gasteiger charge is 2.53. The second-order valence-corrected chi connectivity index (χ2v) is 36.1. The number of ketones is 3. The summed E-state index contributed by atoms with van der Waals surface area (Å²) in [5.74, 6) is -8.65. The van der Waals surface area contributed by atoms with Gasteiger partial charge in [-0.1, -0.05) is 82.4 Å². The molecule has 1 aliphatic carbocycles. The number of hydrogen-bond donors (Lipinski definition) is 3. The lowest BCUT2D eigenvalue weighted by atomic mass is 9.78. The highest BCUT2D eigenvalue weighted by molar-refractivity contribution is 6.39. The van der Waals surface area contributed by atoms with Gasteiger partial charge in [0.2, 0.25) is 17.6 Å². The number of piperazine rings is 1. The average molecular weight is 1880 g/mol. The molecule has 4 fully saturated rings. The molecule has 3 saturated heterocycles. The van der Waals surface area contributed by atoms with Crippen molar-refractivity contribution < 1.29 is 114 Å². The number of alkyl halides is 3. The van der Waals surface area contributed by atoms with Crippen LogP contribution < -0.4 is 15.3 Å². The van der Waals surface area contributed by atoms with Gasteiger partial charge in [0.25, 0.3) is 11.7 Å². The van der Waals surface area contributed by atoms with E-state index in [4.69, 9.17) is 56.8 Å². The van der Waals surface area contributed by atoms with E-state index in [2.05, 4.69) is 20.3 Å². The van der Waals surface area contributed by atoms with Crippen LogP contribution in [0.3, 0.4) is 0 Å². The van der Waals surface area contributed by atoms with Gasteiger partial charge in [-0.3, -0.25) is 38.1 Å². The molecule has 8 heterocycles. The van der Waals surface area contributed by atoms with Crippen molar-refractivity contribution in [2.24, 2.45) is 42.6 Å². The van der Waals surface area contributed by atoms with Crippen LogP contribution in [0.15, 0.2) is 120 Å². The summed E-state index contributed by atoms with van der Waals surface area (Å²) in [5.41, 5.74) is 3.44. The van der Waals surface area contributed by atoms with Gasteiger partial charge in [0, 0.05) is 126 Å². The third kappa shape index (κ3) is 28.7. The molecule has 4 aromatic heterocycles. The van der Waals surface area contributed by atoms with Crippen LogP contribution in [0.4, 0.5) is 18.9 Å². The predicted molar refractivity (Wildman–Crippen MR) is 494 cm³/mol. The minimum Gasteiger partial charge on any atom is -0.481 e. The topological polar surface area (TPSA) is 367 Å². The Morgan fingerprint density at radius 2 is 1.39 bits per heavy atom. The maximum absolute atomic E-state index is 15.0. The Kier molecular flexibility index (Phi) is 40.2. The van der Waals surface area contributed by atoms with Crippen molar-refractivity contribution in [2.75, 3.05) is 145 Å². The Morgan fingerprint density at radius 3 is 2.06 bits per heavy atom. The number of imidazole rings is 1. The molecule has 3 N–H and O–H groups in total. The first-order valence-corrected chi connectivity index (χ1v) is 47.3. The second kappa shape index (κ2) is 51.2. The van der Waals surface area contributed by atoms with Crippen LogP contribution in [0.1, 0.15) is 156 Å². The molecule has 35 heteroatoms. The van der Waals surface area contributed by atoms with Gasteiger partial charge >= 0.3 is 17.8 Å². The van der Waals surface area contributed by atoms with Gasteiger partial charge in [0.15, 0.2) is 5.78 Å². The fourth-order valence-corrected chi connectivity index (χ4v) is 18.4. The molecule has 32 nitrogen and oxygen atoms in total. The molecule has 0 unspecified atom stereocenters. The normalized spacial score (nSPS) is 26.6. The molecule has 2 bridgehead atoms. The summed E-state index contributed by atoms with van der Waals surface area (Å²) in [4.78, 5) is 112. The van der Waals surface area contributed by atoms with E-state index in [0.717, 1.165) is 47.7 Å². The number of carbonyl (C=O) groups excluding carboxylic acids is 6. The number of hydrogen-bond acceptors (Lipinski definition) is 27. The van der Waals surface area contributed by atoms with Gasteiger partial charge in [-0.25, -0.2) is 19.3 Å². The molecular weight excluding hydrogens is 1740 g/mol. The molecule has 15 atom stereocenters. The number of aliphatic hydroxyl groups is 3. The maximum Gasteiger partial charge on any atom is 0.418 e. The molecular formula is C99H137F3N10O22. The predicted octanol–water partition coefficient (Wildman–Crippen LogP) is 11.3. The number of allylic oxidation sites excluding steroid dienone is 6. The summed E-state index contributed by atoms with van der Waals surface area (Å²) in [7, 11) is 6.30. The van der Waals surface area contributed by atoms with E-state index in [9.17, 15) is 48.9 Å². The number of cyclic esters (lactones) is 1. The van der Waals surface area contributed by atoms with Crippen LogP contribution in [-0.4, -0.2) is 289 Å². The molecule has 6 aromatic rings. The molecule has 2 amide bonds. The summed E-state index contributed by atoms with van der Waals surface area (Å²) in [5, 5.41) is 43.9. The zero-order chi connectivity index (χ0) is 96.2. The Bertz CT molecular complexity index is 5030. The van der Waals surface area contributed by atoms with Crippen molar-refractivity contribution in [3.8, 4) is 22.7 Å². The zero-order valence-electron chi connectivity index (χ0n) is 79.4. The number of nitrogens with zero attached hydrogens (tertiary/aromatic N) is 10. The molecule has 1 saturated carbocycles. The number of Topliss-reactive ketones (excluding diaryl/α,β-unsaturated/α-hetero) is 3. The number of benzene rings is 2. The lowest BCUT2D eigenvalue weighted by Crippen LogP contribution is -2.61. The molecule has 5 aliphatic rings. The van der Waals surface area contributed by atoms with E-state index >= 15 is 13.2 Å². The summed E-state index contributed by atoms with van der Waals surface area (Å²) in [6.45, 7) is 18.3. The molecule has 134 heavy (non-hydrogen) atoms. The standard InChI is InChI=1S/C99H137F3N10O22/c1-64-19-13-12-14-20-65(2)85(123-9)59-76-28-23-70(7)98(122,134-76)94(118)95(119)111-34-17-15-22-81(111)96(120)133-86(60-83(113)66(3)54-69(6)92(116)93(117)91(115)68(5)53-64)67(4)55-71-24-31-84(87(56-71)124-10)132-40-18-16-21-74-63-110(106-105-74)39-42-127-44-46-129-48-50-131-52-51-130-49-47-128-45-43-126-41-33-89(114)109-37-35-108(36-38-109)80-30-27-75(58-78(80)99(100,101)102)112-90-77-57-72(73-26-32-88(125-11)104-61-73)25-29-79(77)103-62-82(90)107(8)97(112)121/h12-14,19-20,25-27,29-30,32,54,57-58,61-64,66-68,70-71,76,81,84-87,92-93,116-117,122H,15-18,21-24,28,31,33-53,55-56,59-60H2,1-11H3/b14-12+,19-13+,65-20+,69-54+/t64-,66-,67-,68-,70-,71+,76+,81+,84-,85+,86+,87-,92-,93+,98-/m1/s1. The van der Waals surface area contributed by atoms with E-state index in [1.54, 1.807) is 88.0 Å². The van der Waals surface area contributed by atoms with E-state index in [1.165, 1.54) is 39.4 Å². The number of rotatable bonds is 36. The van der Waals surface area contributed by atoms with Crippen LogP contribution in [0.5, 0.6) is 5.88 Å². The first-order chi connectivity index (χ1) is 64.4. The van der Waals surface area contributed by atoms with Crippen molar-refractivity contribution in [3.63, 3.8) is 0 Å². The van der Waals surface area contributed by atoms with Gasteiger partial charge < -0.3 is 86.9 Å². The van der Waals surface area contributed by atoms with Crippen LogP contribution in [0, 0.1) is 35.5 Å². The van der Waals surface area contributed by atoms with E-state index in [-0.39, 0.29) is 124 Å². The monoisotopic (exact) mass is 1870 g/mol. The Hall–Kier alpha value is -9.34. The number of amides is 2. The summed E-state index contributed by atoms with van der Waals surface area (Å²) in [6.07, 6.45) is 13.0. The number of ether oxygens (including phenoxy) is 12. The molecule has 2 aromatic carbocycles. The van der Waals surface area contributed by atoms with Crippen molar-refractivity contribution in [3.05, 3.63) is 136 Å². The Morgan fingerprint density at radius 1 is 0.694 bits per heavy atom. The lowest BCUT2D eigenvalue weighted by molar-refractivity contribution is -0.265. The number of aromatic nitrogens is 7. The number of carbonyl (C=O) groups is 6. The Balaban J connectivity index is 0.531. The number of pyridine rings is 2. The van der Waals surface area contributed by atoms with Crippen molar-refractivity contribution in [1.82, 2.24) is 43.9 Å². The quantitative estimate of drug-likeness (QED) is 0.0142. The third-order valence-electron chi connectivity index (χ3n) is 26.4. The van der Waals surface area contributed by atoms with Gasteiger partial charge in [0.1, 0.15) is 30.1 Å². The second-order valence-electron chi connectivity index (χ2n) is 36.1. The van der Waals surface area contributed by atoms with Gasteiger partial charge in [-0.2, -0.15) is 13.2 Å². The molecule has 4 aliphatic heterocycles. The summed E-state index contributed by atoms with van der Waals surface area (Å²) >= 11 is 0. The minimum atomic E-state index is -4.77. The molecule has 0 spiro atoms. The van der Waals surface area contributed by atoms with Crippen LogP contribution in [0.25, 0.3) is 38.8 Å². The van der Waals surface area contributed by atoms with Gasteiger partial charge in [-0.05, 0) is 168 Å². The van der Waals surface area contributed by atoms with E-state index < -0.39 is 107 Å². The number of unbranched alkanes of at least 4 members (excludes halogenated alkanes) is 1. The highest BCUT2D eigenvalue weighted by Crippen LogP contribution is 2.42. The fourth-order valence-electron chi connectivity index (χ4n) is 18.4. The first-order valence-electron chi connectivity index (χ1n) is 47.3. The molecule has 11 rings (SSSR count). The maximum atomic E-state index is 15.0. The third-order valence-corrected chi connectivity index (χ3v) is 26.4. The van der Waals surface area contributed by atoms with E-state index in [0.29, 0.717) is 165 Å². The molecule has 736 valence electrons. The number of halogens is 3. The average Bonchev–Trinajstić information content (AvgIpc) is 1.57. The Labute approximate surface area is 782 Å². The number of fused-ring (bicyclic) bond motifs is 6. The largest absolute Gasteiger partial charge is 0.481 e. The van der Waals surface area contributed by atoms with Gasteiger partial charge in [-0.15, -0.1) is 5.10 Å². The van der Waals surface area contributed by atoms with Crippen molar-refractivity contribution in [2.45, 2.75) is 218 Å². The summed E-state index contributed by atoms with van der Waals surface area (Å²) < 4.78 is 120. The number of esters is 1. The van der Waals surface area contributed by atoms with E-state index in [1.807, 2.05) is 75.5 Å². The fraction of sp³-hybridized carbons (Fsp3) is 0.626. The number of methoxy groups -OCH3 is 3. The minimum absolute atomic E-state index is 0.0436. The zero-order valence-corrected chi connectivity index (χ0v) is 79.4. The lowest BCUT2D eigenvalue weighted by Gasteiger charge is -2.42. The van der Waals surface area contributed by atoms with Crippen molar-refractivity contribution >= 4 is 62.8 Å². The molecule has 0 radical (unpaired) electrons. The smallest absolute Gasteiger partial charge is 0.418 e. The van der Waals surface area contributed by atoms with Crippen LogP contribution >= 0.6 is 0 Å². The van der Waals surface area contributed by atoms with Crippen LogP contribution in [-0.2, 0) is 107 Å². The van der Waals surface area contributed by atoms with Gasteiger partial charge in [0.05, 0.1) is 163 Å². The number of piperidine rings is 1. The number of aliphatic hydroxyl groups excluding tert-OH is 2.